The molecule has 0 radical (unpaired) electrons. The summed E-state index contributed by atoms with van der Waals surface area (Å²) in [6.07, 6.45) is -2.55. The number of phenolic OH excluding ortho intramolecular Hbond substituents is 2. The number of aliphatic hydroxyl groups is 4. The summed E-state index contributed by atoms with van der Waals surface area (Å²) < 4.78 is 10.3. The fourth-order valence-corrected chi connectivity index (χ4v) is 5.31. The third kappa shape index (κ3) is 4.69. The Labute approximate surface area is 223 Å². The fourth-order valence-electron chi connectivity index (χ4n) is 5.31. The lowest BCUT2D eigenvalue weighted by Crippen LogP contribution is -2.47. The number of hydrogen-bond acceptors (Lipinski definition) is 12. The van der Waals surface area contributed by atoms with Crippen molar-refractivity contribution >= 4 is 17.3 Å². The summed E-state index contributed by atoms with van der Waals surface area (Å²) in [7, 11) is 1.32. The lowest BCUT2D eigenvalue weighted by molar-refractivity contribution is -0.145. The van der Waals surface area contributed by atoms with Crippen molar-refractivity contribution in [3.8, 4) is 17.2 Å². The SMILES string of the molecule is CC1OCCC(N)C1O.COc1cccc2c1C(=O)c1c(O)c3c(c(O)c1C2=O)C[C@@](O)(C(=O)CO)CC3O. The van der Waals surface area contributed by atoms with Crippen LogP contribution in [-0.4, -0.2) is 92.2 Å². The second-order valence-corrected chi connectivity index (χ2v) is 9.91. The molecule has 2 aliphatic carbocycles. The van der Waals surface area contributed by atoms with Crippen LogP contribution in [0.3, 0.4) is 0 Å². The first kappa shape index (κ1) is 28.6. The molecule has 39 heavy (non-hydrogen) atoms. The van der Waals surface area contributed by atoms with Gasteiger partial charge in [0.2, 0.25) is 5.78 Å². The van der Waals surface area contributed by atoms with Gasteiger partial charge in [0.05, 0.1) is 42.1 Å². The summed E-state index contributed by atoms with van der Waals surface area (Å²) in [6, 6.07) is 4.25. The number of hydrogen-bond donors (Lipinski definition) is 7. The molecule has 2 aromatic rings. The quantitative estimate of drug-likeness (QED) is 0.210. The molecule has 0 spiro atoms. The molecule has 0 bridgehead atoms. The highest BCUT2D eigenvalue weighted by Gasteiger charge is 2.48. The van der Waals surface area contributed by atoms with E-state index in [4.69, 9.17) is 20.3 Å². The van der Waals surface area contributed by atoms with Crippen LogP contribution in [0.2, 0.25) is 0 Å². The second-order valence-electron chi connectivity index (χ2n) is 9.91. The minimum Gasteiger partial charge on any atom is -0.507 e. The molecule has 12 nitrogen and oxygen atoms in total. The van der Waals surface area contributed by atoms with E-state index >= 15 is 0 Å². The van der Waals surface area contributed by atoms with Gasteiger partial charge in [-0.05, 0) is 19.4 Å². The van der Waals surface area contributed by atoms with Gasteiger partial charge >= 0.3 is 0 Å². The number of fused-ring (bicyclic) bond motifs is 3. The number of phenols is 2. The van der Waals surface area contributed by atoms with Crippen molar-refractivity contribution < 1.29 is 54.5 Å². The molecule has 0 saturated carbocycles. The molecule has 1 heterocycles. The minimum atomic E-state index is -2.21. The highest BCUT2D eigenvalue weighted by atomic mass is 16.5. The standard InChI is InChI=1S/C21H18O9.C6H13NO2/c1-30-11-4-2-3-8-14(11)20(28)16-15(17(8)25)18(26)9-5-21(29,12(24)7-22)6-10(23)13(9)19(16)27;1-4-6(8)5(7)2-3-9-4/h2-4,10,22-23,26-27,29H,5-7H2,1H3;4-6,8H,2-3,7H2,1H3/t10?,21-;/m0./s1. The van der Waals surface area contributed by atoms with Crippen molar-refractivity contribution in [2.24, 2.45) is 5.73 Å². The first-order valence-corrected chi connectivity index (χ1v) is 12.3. The number of ketones is 3. The van der Waals surface area contributed by atoms with Gasteiger partial charge in [0, 0.05) is 42.2 Å². The zero-order valence-corrected chi connectivity index (χ0v) is 21.4. The molecule has 3 aliphatic rings. The summed E-state index contributed by atoms with van der Waals surface area (Å²) in [5.41, 5.74) is 1.77. The molecule has 2 aromatic carbocycles. The first-order chi connectivity index (χ1) is 18.4. The summed E-state index contributed by atoms with van der Waals surface area (Å²) in [5, 5.41) is 61.1. The van der Waals surface area contributed by atoms with Crippen LogP contribution < -0.4 is 10.5 Å². The molecule has 1 fully saturated rings. The van der Waals surface area contributed by atoms with Gasteiger partial charge in [-0.1, -0.05) is 12.1 Å². The number of nitrogens with two attached hydrogens (primary N) is 1. The number of benzene rings is 2. The van der Waals surface area contributed by atoms with Crippen molar-refractivity contribution in [2.75, 3.05) is 20.3 Å². The normalized spacial score (nSPS) is 27.5. The van der Waals surface area contributed by atoms with Gasteiger partial charge in [-0.15, -0.1) is 0 Å². The van der Waals surface area contributed by atoms with Gasteiger partial charge < -0.3 is 45.8 Å². The van der Waals surface area contributed by atoms with E-state index in [1.54, 1.807) is 0 Å². The maximum atomic E-state index is 13.2. The molecule has 12 heteroatoms. The number of methoxy groups -OCH3 is 1. The summed E-state index contributed by atoms with van der Waals surface area (Å²) in [6.45, 7) is 1.52. The highest BCUT2D eigenvalue weighted by Crippen LogP contribution is 2.50. The van der Waals surface area contributed by atoms with Crippen LogP contribution in [0, 0.1) is 0 Å². The zero-order valence-electron chi connectivity index (χ0n) is 21.4. The molecular weight excluding hydrogens is 514 g/mol. The minimum absolute atomic E-state index is 0.0421. The second kappa shape index (κ2) is 10.6. The maximum Gasteiger partial charge on any atom is 0.202 e. The highest BCUT2D eigenvalue weighted by molar-refractivity contribution is 6.31. The molecule has 5 atom stereocenters. The van der Waals surface area contributed by atoms with E-state index in [2.05, 4.69) is 0 Å². The third-order valence-electron chi connectivity index (χ3n) is 7.51. The van der Waals surface area contributed by atoms with E-state index in [0.29, 0.717) is 6.61 Å². The Kier molecular flexibility index (Phi) is 7.81. The molecular formula is C27H31NO11. The lowest BCUT2D eigenvalue weighted by Gasteiger charge is -2.36. The van der Waals surface area contributed by atoms with Crippen LogP contribution in [0.15, 0.2) is 18.2 Å². The molecule has 5 rings (SSSR count). The Bertz CT molecular complexity index is 1330. The smallest absolute Gasteiger partial charge is 0.202 e. The predicted octanol–water partition coefficient (Wildman–Crippen LogP) is -0.363. The number of carbonyl (C=O) groups excluding carboxylic acids is 3. The number of aromatic hydroxyl groups is 2. The van der Waals surface area contributed by atoms with Gasteiger partial charge in [-0.2, -0.15) is 0 Å². The van der Waals surface area contributed by atoms with E-state index in [-0.39, 0.29) is 40.1 Å². The monoisotopic (exact) mass is 545 g/mol. The Morgan fingerprint density at radius 1 is 1.13 bits per heavy atom. The molecule has 0 amide bonds. The van der Waals surface area contributed by atoms with Crippen molar-refractivity contribution in [1.29, 1.82) is 0 Å². The van der Waals surface area contributed by atoms with E-state index in [9.17, 15) is 39.9 Å². The number of carbonyl (C=O) groups is 3. The Hall–Kier alpha value is -3.39. The number of rotatable bonds is 3. The Balaban J connectivity index is 0.000000333. The maximum absolute atomic E-state index is 13.2. The number of aliphatic hydroxyl groups excluding tert-OH is 3. The number of ether oxygens (including phenoxy) is 2. The average molecular weight is 546 g/mol. The first-order valence-electron chi connectivity index (χ1n) is 12.3. The average Bonchev–Trinajstić information content (AvgIpc) is 2.91. The molecule has 0 aromatic heterocycles. The Morgan fingerprint density at radius 3 is 2.38 bits per heavy atom. The van der Waals surface area contributed by atoms with E-state index in [0.717, 1.165) is 6.42 Å². The van der Waals surface area contributed by atoms with Crippen molar-refractivity contribution in [3.05, 3.63) is 51.6 Å². The molecule has 4 unspecified atom stereocenters. The number of Topliss-reactive ketones (excluding diaryl/α,β-unsaturated/α-hetero) is 1. The van der Waals surface area contributed by atoms with Crippen LogP contribution in [0.5, 0.6) is 17.2 Å². The largest absolute Gasteiger partial charge is 0.507 e. The van der Waals surface area contributed by atoms with Crippen LogP contribution in [-0.2, 0) is 16.0 Å². The van der Waals surface area contributed by atoms with E-state index < -0.39 is 77.2 Å². The van der Waals surface area contributed by atoms with Gasteiger partial charge in [-0.25, -0.2) is 0 Å². The van der Waals surface area contributed by atoms with Crippen LogP contribution in [0.1, 0.15) is 68.8 Å². The topological polar surface area (TPSA) is 217 Å². The summed E-state index contributed by atoms with van der Waals surface area (Å²) in [4.78, 5) is 38.3. The molecule has 210 valence electrons. The van der Waals surface area contributed by atoms with Crippen molar-refractivity contribution in [1.82, 2.24) is 0 Å². The van der Waals surface area contributed by atoms with E-state index in [1.807, 2.05) is 6.92 Å². The van der Waals surface area contributed by atoms with Crippen molar-refractivity contribution in [2.45, 2.75) is 56.1 Å². The van der Waals surface area contributed by atoms with Crippen LogP contribution in [0.4, 0.5) is 0 Å². The summed E-state index contributed by atoms with van der Waals surface area (Å²) in [5.74, 6) is -3.83. The fraction of sp³-hybridized carbons (Fsp3) is 0.444. The van der Waals surface area contributed by atoms with Gasteiger partial charge in [0.25, 0.3) is 0 Å². The van der Waals surface area contributed by atoms with Gasteiger partial charge in [0.1, 0.15) is 29.5 Å². The zero-order chi connectivity index (χ0) is 28.8. The van der Waals surface area contributed by atoms with E-state index in [1.165, 1.54) is 25.3 Å². The van der Waals surface area contributed by atoms with Gasteiger partial charge in [-0.3, -0.25) is 14.4 Å². The van der Waals surface area contributed by atoms with Crippen LogP contribution in [0.25, 0.3) is 0 Å². The Morgan fingerprint density at radius 2 is 1.79 bits per heavy atom. The molecule has 1 aliphatic heterocycles. The predicted molar refractivity (Wildman–Crippen MR) is 134 cm³/mol. The van der Waals surface area contributed by atoms with Crippen molar-refractivity contribution in [3.63, 3.8) is 0 Å². The van der Waals surface area contributed by atoms with Crippen LogP contribution >= 0.6 is 0 Å². The molecule has 1 saturated heterocycles. The lowest BCUT2D eigenvalue weighted by atomic mass is 9.72. The summed E-state index contributed by atoms with van der Waals surface area (Å²) >= 11 is 0. The third-order valence-corrected chi connectivity index (χ3v) is 7.51. The molecule has 8 N–H and O–H groups in total. The van der Waals surface area contributed by atoms with Gasteiger partial charge in [0.15, 0.2) is 11.6 Å².